The molecular weight excluding hydrogens is 226 g/mol. The topological polar surface area (TPSA) is 50.1 Å². The average Bonchev–Trinajstić information content (AvgIpc) is 2.90. The molecule has 1 aromatic heterocycles. The molecule has 2 atom stereocenters. The van der Waals surface area contributed by atoms with Crippen LogP contribution in [-0.4, -0.2) is 34.1 Å². The molecule has 0 spiro atoms. The van der Waals surface area contributed by atoms with Gasteiger partial charge in [-0.05, 0) is 52.1 Å². The Hall–Kier alpha value is -0.870. The fourth-order valence-corrected chi connectivity index (χ4v) is 3.36. The third-order valence-corrected chi connectivity index (χ3v) is 4.53. The molecule has 102 valence electrons. The molecule has 1 aromatic rings. The highest BCUT2D eigenvalue weighted by atomic mass is 16.3. The van der Waals surface area contributed by atoms with Crippen LogP contribution >= 0.6 is 0 Å². The van der Waals surface area contributed by atoms with Crippen molar-refractivity contribution in [2.45, 2.75) is 51.6 Å². The predicted octanol–water partition coefficient (Wildman–Crippen LogP) is 1.64. The van der Waals surface area contributed by atoms with Crippen molar-refractivity contribution in [1.82, 2.24) is 15.1 Å². The van der Waals surface area contributed by atoms with Gasteiger partial charge in [0.25, 0.3) is 0 Å². The molecule has 1 fully saturated rings. The maximum Gasteiger partial charge on any atom is 0.0615 e. The largest absolute Gasteiger partial charge is 0.394 e. The SMILES string of the molecule is CNC1(CO)CCCC1CCn1nc(C)cc1C. The number of aryl methyl sites for hydroxylation is 3. The fourth-order valence-electron chi connectivity index (χ4n) is 3.36. The van der Waals surface area contributed by atoms with E-state index in [2.05, 4.69) is 28.1 Å². The lowest BCUT2D eigenvalue weighted by Gasteiger charge is -2.33. The van der Waals surface area contributed by atoms with Crippen molar-refractivity contribution >= 4 is 0 Å². The highest BCUT2D eigenvalue weighted by molar-refractivity contribution is 5.06. The molecule has 18 heavy (non-hydrogen) atoms. The normalized spacial score (nSPS) is 27.9. The zero-order valence-electron chi connectivity index (χ0n) is 11.7. The molecule has 0 bridgehead atoms. The summed E-state index contributed by atoms with van der Waals surface area (Å²) in [4.78, 5) is 0. The van der Waals surface area contributed by atoms with Gasteiger partial charge >= 0.3 is 0 Å². The van der Waals surface area contributed by atoms with E-state index < -0.39 is 0 Å². The lowest BCUT2D eigenvalue weighted by Crippen LogP contribution is -2.49. The number of aromatic nitrogens is 2. The lowest BCUT2D eigenvalue weighted by atomic mass is 9.85. The van der Waals surface area contributed by atoms with Gasteiger partial charge in [-0.3, -0.25) is 4.68 Å². The van der Waals surface area contributed by atoms with E-state index >= 15 is 0 Å². The Morgan fingerprint density at radius 1 is 1.56 bits per heavy atom. The van der Waals surface area contributed by atoms with Gasteiger partial charge < -0.3 is 10.4 Å². The number of rotatable bonds is 5. The van der Waals surface area contributed by atoms with Gasteiger partial charge in [-0.2, -0.15) is 5.10 Å². The van der Waals surface area contributed by atoms with E-state index in [-0.39, 0.29) is 12.1 Å². The molecule has 2 unspecified atom stereocenters. The first-order valence-corrected chi connectivity index (χ1v) is 6.92. The minimum Gasteiger partial charge on any atom is -0.394 e. The first kappa shape index (κ1) is 13.6. The zero-order chi connectivity index (χ0) is 13.2. The minimum atomic E-state index is -0.0594. The van der Waals surface area contributed by atoms with E-state index in [1.54, 1.807) is 0 Å². The summed E-state index contributed by atoms with van der Waals surface area (Å²) in [6, 6.07) is 2.12. The molecule has 0 radical (unpaired) electrons. The molecule has 0 aliphatic heterocycles. The van der Waals surface area contributed by atoms with Gasteiger partial charge in [-0.25, -0.2) is 0 Å². The van der Waals surface area contributed by atoms with E-state index in [9.17, 15) is 5.11 Å². The van der Waals surface area contributed by atoms with Crippen molar-refractivity contribution in [2.24, 2.45) is 5.92 Å². The number of nitrogens with zero attached hydrogens (tertiary/aromatic N) is 2. The average molecular weight is 251 g/mol. The summed E-state index contributed by atoms with van der Waals surface area (Å²) >= 11 is 0. The Morgan fingerprint density at radius 2 is 2.33 bits per heavy atom. The van der Waals surface area contributed by atoms with E-state index in [4.69, 9.17) is 0 Å². The van der Waals surface area contributed by atoms with Gasteiger partial charge in [0.2, 0.25) is 0 Å². The molecule has 1 aliphatic rings. The van der Waals surface area contributed by atoms with Crippen LogP contribution in [0.25, 0.3) is 0 Å². The van der Waals surface area contributed by atoms with Crippen LogP contribution in [0.2, 0.25) is 0 Å². The summed E-state index contributed by atoms with van der Waals surface area (Å²) in [6.45, 7) is 5.33. The van der Waals surface area contributed by atoms with Gasteiger partial charge in [0.15, 0.2) is 0 Å². The second kappa shape index (κ2) is 5.41. The maximum absolute atomic E-state index is 9.66. The van der Waals surface area contributed by atoms with Crippen LogP contribution in [0.5, 0.6) is 0 Å². The molecule has 1 heterocycles. The second-order valence-electron chi connectivity index (χ2n) is 5.59. The zero-order valence-corrected chi connectivity index (χ0v) is 11.7. The molecule has 2 rings (SSSR count). The van der Waals surface area contributed by atoms with E-state index in [0.717, 1.165) is 25.1 Å². The molecule has 0 aromatic carbocycles. The predicted molar refractivity (Wildman–Crippen MR) is 72.5 cm³/mol. The summed E-state index contributed by atoms with van der Waals surface area (Å²) in [5.74, 6) is 0.552. The van der Waals surface area contributed by atoms with Crippen LogP contribution in [0.4, 0.5) is 0 Å². The van der Waals surface area contributed by atoms with Gasteiger partial charge in [0.1, 0.15) is 0 Å². The molecule has 1 saturated carbocycles. The number of aliphatic hydroxyl groups is 1. The third kappa shape index (κ3) is 2.45. The van der Waals surface area contributed by atoms with Gasteiger partial charge in [-0.15, -0.1) is 0 Å². The summed E-state index contributed by atoms with van der Waals surface area (Å²) in [7, 11) is 1.97. The second-order valence-corrected chi connectivity index (χ2v) is 5.59. The maximum atomic E-state index is 9.66. The van der Waals surface area contributed by atoms with Crippen LogP contribution < -0.4 is 5.32 Å². The molecule has 1 aliphatic carbocycles. The Kier molecular flexibility index (Phi) is 4.07. The van der Waals surface area contributed by atoms with Crippen molar-refractivity contribution in [3.8, 4) is 0 Å². The van der Waals surface area contributed by atoms with Crippen LogP contribution in [0.1, 0.15) is 37.1 Å². The Balaban J connectivity index is 1.99. The van der Waals surface area contributed by atoms with Crippen LogP contribution in [0.3, 0.4) is 0 Å². The van der Waals surface area contributed by atoms with Crippen LogP contribution in [0, 0.1) is 19.8 Å². The van der Waals surface area contributed by atoms with Crippen LogP contribution in [-0.2, 0) is 6.54 Å². The minimum absolute atomic E-state index is 0.0594. The molecule has 0 amide bonds. The number of nitrogens with one attached hydrogen (secondary N) is 1. The van der Waals surface area contributed by atoms with Crippen molar-refractivity contribution < 1.29 is 5.11 Å². The molecular formula is C14H25N3O. The summed E-state index contributed by atoms with van der Waals surface area (Å²) < 4.78 is 2.09. The van der Waals surface area contributed by atoms with E-state index in [0.29, 0.717) is 5.92 Å². The first-order chi connectivity index (χ1) is 8.61. The standard InChI is InChI=1S/C14H25N3O/c1-11-9-12(2)17(16-11)8-6-13-5-4-7-14(13,10-18)15-3/h9,13,15,18H,4-8,10H2,1-3H3. The number of likely N-dealkylation sites (N-methyl/N-ethyl adjacent to an activating group) is 1. The summed E-state index contributed by atoms with van der Waals surface area (Å²) in [5.41, 5.74) is 2.25. The fraction of sp³-hybridized carbons (Fsp3) is 0.786. The Bertz CT molecular complexity index is 396. The highest BCUT2D eigenvalue weighted by Gasteiger charge is 2.40. The van der Waals surface area contributed by atoms with Gasteiger partial charge in [-0.1, -0.05) is 6.42 Å². The number of hydrogen-bond acceptors (Lipinski definition) is 3. The Morgan fingerprint density at radius 3 is 2.89 bits per heavy atom. The molecule has 0 saturated heterocycles. The third-order valence-electron chi connectivity index (χ3n) is 4.53. The summed E-state index contributed by atoms with van der Waals surface area (Å²) in [6.07, 6.45) is 4.59. The molecule has 2 N–H and O–H groups in total. The monoisotopic (exact) mass is 251 g/mol. The lowest BCUT2D eigenvalue weighted by molar-refractivity contribution is 0.124. The highest BCUT2D eigenvalue weighted by Crippen LogP contribution is 2.37. The number of hydrogen-bond donors (Lipinski definition) is 2. The molecule has 4 nitrogen and oxygen atoms in total. The van der Waals surface area contributed by atoms with Gasteiger partial charge in [0, 0.05) is 17.8 Å². The first-order valence-electron chi connectivity index (χ1n) is 6.92. The van der Waals surface area contributed by atoms with Crippen LogP contribution in [0.15, 0.2) is 6.07 Å². The van der Waals surface area contributed by atoms with E-state index in [1.807, 2.05) is 14.0 Å². The van der Waals surface area contributed by atoms with Gasteiger partial charge in [0.05, 0.1) is 12.3 Å². The summed E-state index contributed by atoms with van der Waals surface area (Å²) in [5, 5.41) is 17.5. The quantitative estimate of drug-likeness (QED) is 0.836. The molecule has 4 heteroatoms. The van der Waals surface area contributed by atoms with Crippen molar-refractivity contribution in [2.75, 3.05) is 13.7 Å². The van der Waals surface area contributed by atoms with Crippen molar-refractivity contribution in [3.05, 3.63) is 17.5 Å². The Labute approximate surface area is 109 Å². The number of aliphatic hydroxyl groups excluding tert-OH is 1. The van der Waals surface area contributed by atoms with Crippen molar-refractivity contribution in [3.63, 3.8) is 0 Å². The smallest absolute Gasteiger partial charge is 0.0615 e. The van der Waals surface area contributed by atoms with E-state index in [1.165, 1.54) is 18.5 Å². The van der Waals surface area contributed by atoms with Crippen molar-refractivity contribution in [1.29, 1.82) is 0 Å².